The van der Waals surface area contributed by atoms with Gasteiger partial charge in [-0.3, -0.25) is 9.59 Å². The van der Waals surface area contributed by atoms with Crippen molar-refractivity contribution >= 4 is 23.2 Å². The molecule has 0 saturated carbocycles. The Balaban J connectivity index is 1.90. The van der Waals surface area contributed by atoms with Gasteiger partial charge in [0.05, 0.1) is 12.2 Å². The number of anilines is 2. The minimum atomic E-state index is -0.745. The summed E-state index contributed by atoms with van der Waals surface area (Å²) < 4.78 is 11.1. The molecule has 6 heteroatoms. The monoisotopic (exact) mass is 356 g/mol. The maximum Gasteiger partial charge on any atom is 0.314 e. The van der Waals surface area contributed by atoms with Crippen LogP contribution in [-0.4, -0.2) is 24.0 Å². The zero-order chi connectivity index (χ0) is 19.1. The van der Waals surface area contributed by atoms with E-state index in [1.54, 1.807) is 48.5 Å². The number of carbonyl (C=O) groups is 2. The molecule has 0 radical (unpaired) electrons. The standard InChI is InChI=1S/C20H24N2O4/c1-13(2)25-17-9-5-15(6-10-17)21-19(23)20(24)22-16-7-11-18(12-8-16)26-14(3)4/h5-14H,1-4H3,(H,21,23)(H,22,24). The van der Waals surface area contributed by atoms with Gasteiger partial charge in [0.1, 0.15) is 11.5 Å². The predicted octanol–water partition coefficient (Wildman–Crippen LogP) is 3.84. The van der Waals surface area contributed by atoms with Gasteiger partial charge in [0, 0.05) is 11.4 Å². The molecule has 0 bridgehead atoms. The van der Waals surface area contributed by atoms with Crippen LogP contribution >= 0.6 is 0 Å². The Hall–Kier alpha value is -3.02. The summed E-state index contributed by atoms with van der Waals surface area (Å²) in [6, 6.07) is 13.7. The topological polar surface area (TPSA) is 76.7 Å². The van der Waals surface area contributed by atoms with Crippen molar-refractivity contribution in [1.82, 2.24) is 0 Å². The van der Waals surface area contributed by atoms with E-state index in [1.165, 1.54) is 0 Å². The molecule has 0 unspecified atom stereocenters. The number of rotatable bonds is 6. The van der Waals surface area contributed by atoms with Gasteiger partial charge in [-0.2, -0.15) is 0 Å². The maximum absolute atomic E-state index is 12.0. The van der Waals surface area contributed by atoms with Crippen molar-refractivity contribution in [2.24, 2.45) is 0 Å². The molecule has 0 aliphatic rings. The molecule has 2 rings (SSSR count). The Morgan fingerprint density at radius 3 is 1.23 bits per heavy atom. The minimum absolute atomic E-state index is 0.0681. The van der Waals surface area contributed by atoms with Gasteiger partial charge >= 0.3 is 11.8 Å². The number of carbonyl (C=O) groups excluding carboxylic acids is 2. The molecule has 2 N–H and O–H groups in total. The van der Waals surface area contributed by atoms with Gasteiger partial charge < -0.3 is 20.1 Å². The van der Waals surface area contributed by atoms with Crippen LogP contribution < -0.4 is 20.1 Å². The van der Waals surface area contributed by atoms with E-state index < -0.39 is 11.8 Å². The Bertz CT molecular complexity index is 672. The van der Waals surface area contributed by atoms with Crippen LogP contribution in [0.25, 0.3) is 0 Å². The number of ether oxygens (including phenoxy) is 2. The van der Waals surface area contributed by atoms with Crippen LogP contribution in [0.1, 0.15) is 27.7 Å². The van der Waals surface area contributed by atoms with Gasteiger partial charge in [0.25, 0.3) is 0 Å². The molecular formula is C20H24N2O4. The van der Waals surface area contributed by atoms with Crippen LogP contribution in [0.4, 0.5) is 11.4 Å². The fourth-order valence-corrected chi connectivity index (χ4v) is 2.15. The Labute approximate surface area is 153 Å². The molecule has 2 aromatic carbocycles. The molecule has 0 aliphatic carbocycles. The highest BCUT2D eigenvalue weighted by atomic mass is 16.5. The molecule has 2 aromatic rings. The molecule has 0 saturated heterocycles. The van der Waals surface area contributed by atoms with Crippen LogP contribution in [0.2, 0.25) is 0 Å². The van der Waals surface area contributed by atoms with E-state index in [0.717, 1.165) is 0 Å². The van der Waals surface area contributed by atoms with E-state index in [-0.39, 0.29) is 12.2 Å². The average Bonchev–Trinajstić information content (AvgIpc) is 2.57. The lowest BCUT2D eigenvalue weighted by Crippen LogP contribution is -2.29. The molecule has 0 fully saturated rings. The lowest BCUT2D eigenvalue weighted by Gasteiger charge is -2.11. The second-order valence-electron chi connectivity index (χ2n) is 6.29. The first-order chi connectivity index (χ1) is 12.3. The van der Waals surface area contributed by atoms with Crippen molar-refractivity contribution in [3.8, 4) is 11.5 Å². The van der Waals surface area contributed by atoms with Gasteiger partial charge in [-0.1, -0.05) is 0 Å². The van der Waals surface area contributed by atoms with Crippen molar-refractivity contribution in [3.05, 3.63) is 48.5 Å². The quantitative estimate of drug-likeness (QED) is 0.771. The summed E-state index contributed by atoms with van der Waals surface area (Å²) in [6.45, 7) is 7.73. The molecule has 6 nitrogen and oxygen atoms in total. The van der Waals surface area contributed by atoms with Crippen molar-refractivity contribution in [1.29, 1.82) is 0 Å². The first kappa shape index (κ1) is 19.3. The first-order valence-corrected chi connectivity index (χ1v) is 8.49. The second-order valence-corrected chi connectivity index (χ2v) is 6.29. The largest absolute Gasteiger partial charge is 0.491 e. The summed E-state index contributed by atoms with van der Waals surface area (Å²) in [5, 5.41) is 5.10. The van der Waals surface area contributed by atoms with E-state index in [4.69, 9.17) is 9.47 Å². The molecule has 0 aromatic heterocycles. The summed E-state index contributed by atoms with van der Waals surface area (Å²) in [5.74, 6) is -0.0904. The number of benzene rings is 2. The average molecular weight is 356 g/mol. The van der Waals surface area contributed by atoms with E-state index in [2.05, 4.69) is 10.6 Å². The van der Waals surface area contributed by atoms with Gasteiger partial charge in [-0.05, 0) is 76.2 Å². The fraction of sp³-hybridized carbons (Fsp3) is 0.300. The maximum atomic E-state index is 12.0. The van der Waals surface area contributed by atoms with Crippen LogP contribution in [0.15, 0.2) is 48.5 Å². The minimum Gasteiger partial charge on any atom is -0.491 e. The summed E-state index contributed by atoms with van der Waals surface area (Å²) in [7, 11) is 0. The molecule has 0 aliphatic heterocycles. The predicted molar refractivity (Wildman–Crippen MR) is 102 cm³/mol. The summed E-state index contributed by atoms with van der Waals surface area (Å²) in [5.41, 5.74) is 1.03. The Kier molecular flexibility index (Phi) is 6.60. The summed E-state index contributed by atoms with van der Waals surface area (Å²) >= 11 is 0. The molecule has 26 heavy (non-hydrogen) atoms. The number of hydrogen-bond acceptors (Lipinski definition) is 4. The van der Waals surface area contributed by atoms with E-state index in [1.807, 2.05) is 27.7 Å². The first-order valence-electron chi connectivity index (χ1n) is 8.49. The lowest BCUT2D eigenvalue weighted by molar-refractivity contribution is -0.132. The summed E-state index contributed by atoms with van der Waals surface area (Å²) in [4.78, 5) is 24.0. The Morgan fingerprint density at radius 1 is 0.654 bits per heavy atom. The third-order valence-electron chi connectivity index (χ3n) is 3.17. The molecule has 0 spiro atoms. The van der Waals surface area contributed by atoms with Crippen LogP contribution in [0.5, 0.6) is 11.5 Å². The van der Waals surface area contributed by atoms with Crippen molar-refractivity contribution in [3.63, 3.8) is 0 Å². The SMILES string of the molecule is CC(C)Oc1ccc(NC(=O)C(=O)Nc2ccc(OC(C)C)cc2)cc1. The smallest absolute Gasteiger partial charge is 0.314 e. The molecular weight excluding hydrogens is 332 g/mol. The van der Waals surface area contributed by atoms with E-state index >= 15 is 0 Å². The normalized spacial score (nSPS) is 10.5. The van der Waals surface area contributed by atoms with Crippen LogP contribution in [-0.2, 0) is 9.59 Å². The van der Waals surface area contributed by atoms with Crippen LogP contribution in [0, 0.1) is 0 Å². The third kappa shape index (κ3) is 6.12. The molecule has 2 amide bonds. The molecule has 138 valence electrons. The number of amides is 2. The van der Waals surface area contributed by atoms with Gasteiger partial charge in [-0.25, -0.2) is 0 Å². The second kappa shape index (κ2) is 8.89. The lowest BCUT2D eigenvalue weighted by atomic mass is 10.3. The van der Waals surface area contributed by atoms with Crippen molar-refractivity contribution in [2.45, 2.75) is 39.9 Å². The number of hydrogen-bond donors (Lipinski definition) is 2. The zero-order valence-corrected chi connectivity index (χ0v) is 15.4. The molecule has 0 heterocycles. The van der Waals surface area contributed by atoms with Gasteiger partial charge in [0.15, 0.2) is 0 Å². The summed E-state index contributed by atoms with van der Waals surface area (Å²) in [6.07, 6.45) is 0.136. The molecule has 0 atom stereocenters. The van der Waals surface area contributed by atoms with E-state index in [9.17, 15) is 9.59 Å². The highest BCUT2D eigenvalue weighted by molar-refractivity contribution is 6.43. The van der Waals surface area contributed by atoms with Gasteiger partial charge in [0.2, 0.25) is 0 Å². The number of nitrogens with one attached hydrogen (secondary N) is 2. The zero-order valence-electron chi connectivity index (χ0n) is 15.4. The van der Waals surface area contributed by atoms with Crippen molar-refractivity contribution in [2.75, 3.05) is 10.6 Å². The van der Waals surface area contributed by atoms with Gasteiger partial charge in [-0.15, -0.1) is 0 Å². The van der Waals surface area contributed by atoms with E-state index in [0.29, 0.717) is 22.9 Å². The Morgan fingerprint density at radius 2 is 0.962 bits per heavy atom. The highest BCUT2D eigenvalue weighted by Crippen LogP contribution is 2.18. The fourth-order valence-electron chi connectivity index (χ4n) is 2.15. The third-order valence-corrected chi connectivity index (χ3v) is 3.17. The highest BCUT2D eigenvalue weighted by Gasteiger charge is 2.14. The van der Waals surface area contributed by atoms with Crippen molar-refractivity contribution < 1.29 is 19.1 Å². The van der Waals surface area contributed by atoms with Crippen LogP contribution in [0.3, 0.4) is 0 Å².